The highest BCUT2D eigenvalue weighted by Crippen LogP contribution is 2.07. The van der Waals surface area contributed by atoms with Crippen molar-refractivity contribution in [3.8, 4) is 0 Å². The molecule has 0 saturated carbocycles. The van der Waals surface area contributed by atoms with Gasteiger partial charge in [0.15, 0.2) is 0 Å². The number of alkyl halides is 1. The third-order valence-corrected chi connectivity index (χ3v) is 1.32. The van der Waals surface area contributed by atoms with Crippen LogP contribution in [0.25, 0.3) is 0 Å². The minimum Gasteiger partial charge on any atom is -0.465 e. The summed E-state index contributed by atoms with van der Waals surface area (Å²) < 4.78 is 4.64. The molecule has 0 saturated heterocycles. The summed E-state index contributed by atoms with van der Waals surface area (Å²) in [7, 11) is 0. The molecule has 0 aromatic rings. The van der Waals surface area contributed by atoms with Crippen molar-refractivity contribution in [2.24, 2.45) is 0 Å². The SMILES string of the molecule is CC(Br)CC(C)OC=O. The number of hydrogen-bond donors (Lipinski definition) is 0. The van der Waals surface area contributed by atoms with E-state index in [-0.39, 0.29) is 6.10 Å². The third kappa shape index (κ3) is 5.83. The summed E-state index contributed by atoms with van der Waals surface area (Å²) in [5.74, 6) is 0. The molecule has 0 aromatic carbocycles. The number of halogens is 1. The Morgan fingerprint density at radius 3 is 2.56 bits per heavy atom. The van der Waals surface area contributed by atoms with Gasteiger partial charge in [0.1, 0.15) is 0 Å². The molecule has 0 N–H and O–H groups in total. The first-order valence-corrected chi connectivity index (χ1v) is 3.81. The highest BCUT2D eigenvalue weighted by molar-refractivity contribution is 9.09. The van der Waals surface area contributed by atoms with Crippen molar-refractivity contribution in [1.29, 1.82) is 0 Å². The summed E-state index contributed by atoms with van der Waals surface area (Å²) in [6.45, 7) is 4.37. The van der Waals surface area contributed by atoms with Crippen LogP contribution in [0.1, 0.15) is 20.3 Å². The van der Waals surface area contributed by atoms with E-state index in [0.29, 0.717) is 11.3 Å². The van der Waals surface area contributed by atoms with Crippen molar-refractivity contribution in [2.75, 3.05) is 0 Å². The maximum absolute atomic E-state index is 9.76. The molecular formula is C6H11BrO2. The number of hydrogen-bond acceptors (Lipinski definition) is 2. The molecule has 0 radical (unpaired) electrons. The number of carbonyl (C=O) groups is 1. The fraction of sp³-hybridized carbons (Fsp3) is 0.833. The van der Waals surface area contributed by atoms with Gasteiger partial charge in [0.25, 0.3) is 6.47 Å². The van der Waals surface area contributed by atoms with E-state index in [4.69, 9.17) is 0 Å². The van der Waals surface area contributed by atoms with Gasteiger partial charge in [-0.3, -0.25) is 4.79 Å². The van der Waals surface area contributed by atoms with Crippen LogP contribution in [0.15, 0.2) is 0 Å². The maximum Gasteiger partial charge on any atom is 0.293 e. The van der Waals surface area contributed by atoms with E-state index in [1.807, 2.05) is 13.8 Å². The Bertz CT molecular complexity index is 83.1. The van der Waals surface area contributed by atoms with Gasteiger partial charge in [-0.25, -0.2) is 0 Å². The predicted molar refractivity (Wildman–Crippen MR) is 39.6 cm³/mol. The summed E-state index contributed by atoms with van der Waals surface area (Å²) in [6, 6.07) is 0. The average molecular weight is 195 g/mol. The molecule has 0 aliphatic rings. The first kappa shape index (κ1) is 8.95. The van der Waals surface area contributed by atoms with Gasteiger partial charge in [-0.15, -0.1) is 0 Å². The van der Waals surface area contributed by atoms with Gasteiger partial charge in [-0.1, -0.05) is 22.9 Å². The Kier molecular flexibility index (Phi) is 4.77. The largest absolute Gasteiger partial charge is 0.465 e. The van der Waals surface area contributed by atoms with Gasteiger partial charge in [-0.2, -0.15) is 0 Å². The zero-order valence-corrected chi connectivity index (χ0v) is 7.22. The van der Waals surface area contributed by atoms with Gasteiger partial charge in [0.05, 0.1) is 6.10 Å². The van der Waals surface area contributed by atoms with E-state index in [1.165, 1.54) is 0 Å². The molecule has 0 amide bonds. The topological polar surface area (TPSA) is 26.3 Å². The molecule has 54 valence electrons. The minimum absolute atomic E-state index is 0.0249. The van der Waals surface area contributed by atoms with Gasteiger partial charge in [0, 0.05) is 4.83 Å². The fourth-order valence-corrected chi connectivity index (χ4v) is 1.13. The van der Waals surface area contributed by atoms with Crippen LogP contribution >= 0.6 is 15.9 Å². The monoisotopic (exact) mass is 194 g/mol. The molecule has 0 aromatic heterocycles. The highest BCUT2D eigenvalue weighted by atomic mass is 79.9. The maximum atomic E-state index is 9.76. The average Bonchev–Trinajstić information content (AvgIpc) is 1.63. The van der Waals surface area contributed by atoms with E-state index in [0.717, 1.165) is 6.42 Å². The van der Waals surface area contributed by atoms with Crippen LogP contribution in [0.5, 0.6) is 0 Å². The molecule has 0 aliphatic heterocycles. The number of rotatable bonds is 4. The summed E-state index contributed by atoms with van der Waals surface area (Å²) in [6.07, 6.45) is 0.885. The predicted octanol–water partition coefficient (Wildman–Crippen LogP) is 1.72. The van der Waals surface area contributed by atoms with Crippen LogP contribution in [0.2, 0.25) is 0 Å². The van der Waals surface area contributed by atoms with Crippen LogP contribution in [0.3, 0.4) is 0 Å². The second-order valence-corrected chi connectivity index (χ2v) is 3.62. The Hall–Kier alpha value is -0.0500. The lowest BCUT2D eigenvalue weighted by Crippen LogP contribution is -2.10. The Morgan fingerprint density at radius 2 is 2.22 bits per heavy atom. The first-order chi connectivity index (χ1) is 4.16. The van der Waals surface area contributed by atoms with E-state index >= 15 is 0 Å². The number of carbonyl (C=O) groups excluding carboxylic acids is 1. The van der Waals surface area contributed by atoms with Crippen LogP contribution in [-0.4, -0.2) is 17.4 Å². The zero-order chi connectivity index (χ0) is 7.28. The van der Waals surface area contributed by atoms with Gasteiger partial charge in [0.2, 0.25) is 0 Å². The molecule has 3 heteroatoms. The summed E-state index contributed by atoms with van der Waals surface area (Å²) >= 11 is 3.35. The minimum atomic E-state index is 0.0249. The molecular weight excluding hydrogens is 184 g/mol. The molecule has 2 nitrogen and oxygen atoms in total. The Morgan fingerprint density at radius 1 is 1.67 bits per heavy atom. The number of ether oxygens (including phenoxy) is 1. The van der Waals surface area contributed by atoms with E-state index < -0.39 is 0 Å². The second-order valence-electron chi connectivity index (χ2n) is 2.06. The van der Waals surface area contributed by atoms with Crippen molar-refractivity contribution in [3.05, 3.63) is 0 Å². The highest BCUT2D eigenvalue weighted by Gasteiger charge is 2.04. The van der Waals surface area contributed by atoms with Crippen LogP contribution in [-0.2, 0) is 9.53 Å². The molecule has 0 fully saturated rings. The van der Waals surface area contributed by atoms with Crippen molar-refractivity contribution >= 4 is 22.4 Å². The van der Waals surface area contributed by atoms with E-state index in [2.05, 4.69) is 20.7 Å². The quantitative estimate of drug-likeness (QED) is 0.504. The smallest absolute Gasteiger partial charge is 0.293 e. The van der Waals surface area contributed by atoms with Crippen LogP contribution in [0, 0.1) is 0 Å². The molecule has 0 spiro atoms. The van der Waals surface area contributed by atoms with E-state index in [1.54, 1.807) is 0 Å². The third-order valence-electron chi connectivity index (χ3n) is 0.945. The Labute approximate surface area is 63.7 Å². The lowest BCUT2D eigenvalue weighted by molar-refractivity contribution is -0.132. The van der Waals surface area contributed by atoms with Crippen LogP contribution < -0.4 is 0 Å². The standard InChI is InChI=1S/C6H11BrO2/c1-5(7)3-6(2)9-4-8/h4-6H,3H2,1-2H3. The van der Waals surface area contributed by atoms with Gasteiger partial charge in [-0.05, 0) is 13.3 Å². The van der Waals surface area contributed by atoms with Gasteiger partial charge < -0.3 is 4.74 Å². The van der Waals surface area contributed by atoms with Crippen molar-refractivity contribution in [2.45, 2.75) is 31.2 Å². The lowest BCUT2D eigenvalue weighted by atomic mass is 10.2. The molecule has 0 rings (SSSR count). The summed E-state index contributed by atoms with van der Waals surface area (Å²) in [5.41, 5.74) is 0. The van der Waals surface area contributed by atoms with E-state index in [9.17, 15) is 4.79 Å². The molecule has 0 aliphatic carbocycles. The molecule has 0 heterocycles. The van der Waals surface area contributed by atoms with Crippen LogP contribution in [0.4, 0.5) is 0 Å². The first-order valence-electron chi connectivity index (χ1n) is 2.90. The second kappa shape index (κ2) is 4.79. The lowest BCUT2D eigenvalue weighted by Gasteiger charge is -2.09. The van der Waals surface area contributed by atoms with Crippen molar-refractivity contribution in [3.63, 3.8) is 0 Å². The Balaban J connectivity index is 3.25. The molecule has 9 heavy (non-hydrogen) atoms. The molecule has 2 atom stereocenters. The molecule has 2 unspecified atom stereocenters. The zero-order valence-electron chi connectivity index (χ0n) is 5.63. The molecule has 0 bridgehead atoms. The summed E-state index contributed by atoms with van der Waals surface area (Å²) in [4.78, 5) is 10.2. The van der Waals surface area contributed by atoms with Crippen molar-refractivity contribution < 1.29 is 9.53 Å². The normalized spacial score (nSPS) is 16.3. The van der Waals surface area contributed by atoms with Crippen molar-refractivity contribution in [1.82, 2.24) is 0 Å². The summed E-state index contributed by atoms with van der Waals surface area (Å²) in [5, 5.41) is 0. The van der Waals surface area contributed by atoms with Gasteiger partial charge >= 0.3 is 0 Å². The fourth-order valence-electron chi connectivity index (χ4n) is 0.608.